The molecule has 13 heteroatoms. The van der Waals surface area contributed by atoms with Crippen LogP contribution in [0.4, 0.5) is 9.59 Å². The van der Waals surface area contributed by atoms with Crippen LogP contribution in [0.3, 0.4) is 0 Å². The number of carbonyl (C=O) groups excluding carboxylic acids is 5. The van der Waals surface area contributed by atoms with Gasteiger partial charge >= 0.3 is 18.2 Å². The van der Waals surface area contributed by atoms with Crippen LogP contribution in [0.5, 0.6) is 5.75 Å². The van der Waals surface area contributed by atoms with Gasteiger partial charge < -0.3 is 39.8 Å². The summed E-state index contributed by atoms with van der Waals surface area (Å²) in [5, 5.41) is 8.28. The molecule has 0 radical (unpaired) electrons. The van der Waals surface area contributed by atoms with Crippen LogP contribution in [0.15, 0.2) is 78.9 Å². The number of alkyl carbamates (subject to hydrolysis) is 1. The predicted molar refractivity (Wildman–Crippen MR) is 229 cm³/mol. The highest BCUT2D eigenvalue weighted by Crippen LogP contribution is 2.26. The van der Waals surface area contributed by atoms with Gasteiger partial charge in [0.1, 0.15) is 35.6 Å². The standard InChI is InChI=1S/C47H64N4O9/c1-32-25-36(30-51(29-32)45(56)60-47(6,7)8)23-24-57-38-21-19-33(2)37(26-38)28-48-42(53)39(22-20-34-15-11-9-12-16-34)49-43(54)40(27-41(52)59-46(3,4)5)50-44(55)58-31-35-17-13-10-14-18-35/h9-19,21,26,32,36,39-40H,20,22-25,27-31H2,1-8H3,(H,48,53)(H,49,54)(H,50,55)/t32?,36?,39-,40-/m0/s1. The molecule has 0 aromatic heterocycles. The smallest absolute Gasteiger partial charge is 0.410 e. The van der Waals surface area contributed by atoms with Crippen LogP contribution in [0.25, 0.3) is 0 Å². The molecule has 326 valence electrons. The van der Waals surface area contributed by atoms with Crippen molar-refractivity contribution in [3.8, 4) is 5.75 Å². The molecule has 3 N–H and O–H groups in total. The minimum atomic E-state index is -1.39. The number of aryl methyl sites for hydroxylation is 2. The summed E-state index contributed by atoms with van der Waals surface area (Å²) in [4.78, 5) is 68.2. The van der Waals surface area contributed by atoms with Gasteiger partial charge in [-0.25, -0.2) is 9.59 Å². The molecule has 4 atom stereocenters. The van der Waals surface area contributed by atoms with Gasteiger partial charge in [0.15, 0.2) is 0 Å². The number of ether oxygens (including phenoxy) is 4. The van der Waals surface area contributed by atoms with Crippen molar-refractivity contribution in [2.75, 3.05) is 19.7 Å². The zero-order chi connectivity index (χ0) is 43.9. The lowest BCUT2D eigenvalue weighted by atomic mass is 9.88. The highest BCUT2D eigenvalue weighted by atomic mass is 16.6. The summed E-state index contributed by atoms with van der Waals surface area (Å²) in [5.74, 6) is -0.604. The van der Waals surface area contributed by atoms with Gasteiger partial charge in [-0.15, -0.1) is 0 Å². The minimum Gasteiger partial charge on any atom is -0.494 e. The van der Waals surface area contributed by atoms with Gasteiger partial charge in [0.2, 0.25) is 11.8 Å². The lowest BCUT2D eigenvalue weighted by Crippen LogP contribution is -2.54. The van der Waals surface area contributed by atoms with Crippen molar-refractivity contribution in [3.63, 3.8) is 0 Å². The van der Waals surface area contributed by atoms with Gasteiger partial charge in [0.25, 0.3) is 0 Å². The average Bonchev–Trinajstić information content (AvgIpc) is 3.17. The number of benzene rings is 3. The van der Waals surface area contributed by atoms with Gasteiger partial charge in [0, 0.05) is 19.6 Å². The van der Waals surface area contributed by atoms with Crippen LogP contribution in [0, 0.1) is 18.8 Å². The molecule has 1 saturated heterocycles. The molecule has 1 fully saturated rings. The number of rotatable bonds is 17. The Balaban J connectivity index is 1.41. The van der Waals surface area contributed by atoms with E-state index in [1.165, 1.54) is 0 Å². The fraction of sp³-hybridized carbons (Fsp3) is 0.511. The van der Waals surface area contributed by atoms with Crippen molar-refractivity contribution in [2.24, 2.45) is 11.8 Å². The van der Waals surface area contributed by atoms with E-state index in [0.717, 1.165) is 35.1 Å². The Bertz CT molecular complexity index is 1870. The third-order valence-corrected chi connectivity index (χ3v) is 9.78. The largest absolute Gasteiger partial charge is 0.494 e. The monoisotopic (exact) mass is 828 g/mol. The van der Waals surface area contributed by atoms with Crippen molar-refractivity contribution in [3.05, 3.63) is 101 Å². The molecule has 0 saturated carbocycles. The number of esters is 1. The first-order chi connectivity index (χ1) is 28.3. The van der Waals surface area contributed by atoms with Gasteiger partial charge in [-0.2, -0.15) is 0 Å². The second kappa shape index (κ2) is 22.1. The van der Waals surface area contributed by atoms with Crippen molar-refractivity contribution in [1.82, 2.24) is 20.9 Å². The zero-order valence-corrected chi connectivity index (χ0v) is 36.5. The van der Waals surface area contributed by atoms with E-state index < -0.39 is 53.6 Å². The minimum absolute atomic E-state index is 0.0460. The molecule has 2 unspecified atom stereocenters. The van der Waals surface area contributed by atoms with Crippen LogP contribution in [-0.4, -0.2) is 77.9 Å². The molecule has 0 aliphatic carbocycles. The number of nitrogens with zero attached hydrogens (tertiary/aromatic N) is 1. The van der Waals surface area contributed by atoms with E-state index in [4.69, 9.17) is 18.9 Å². The van der Waals surface area contributed by atoms with E-state index in [9.17, 15) is 24.0 Å². The fourth-order valence-electron chi connectivity index (χ4n) is 6.91. The second-order valence-electron chi connectivity index (χ2n) is 17.7. The maximum atomic E-state index is 13.9. The van der Waals surface area contributed by atoms with Crippen molar-refractivity contribution in [2.45, 2.75) is 124 Å². The molecule has 0 bridgehead atoms. The van der Waals surface area contributed by atoms with Gasteiger partial charge in [-0.3, -0.25) is 14.4 Å². The second-order valence-corrected chi connectivity index (χ2v) is 17.7. The lowest BCUT2D eigenvalue weighted by molar-refractivity contribution is -0.156. The summed E-state index contributed by atoms with van der Waals surface area (Å²) < 4.78 is 22.6. The van der Waals surface area contributed by atoms with E-state index in [2.05, 4.69) is 22.9 Å². The van der Waals surface area contributed by atoms with E-state index >= 15 is 0 Å². The Morgan fingerprint density at radius 3 is 2.08 bits per heavy atom. The van der Waals surface area contributed by atoms with Crippen LogP contribution in [0.1, 0.15) is 96.4 Å². The summed E-state index contributed by atoms with van der Waals surface area (Å²) in [6, 6.07) is 21.9. The highest BCUT2D eigenvalue weighted by molar-refractivity contribution is 5.93. The first kappa shape index (κ1) is 47.1. The Hall–Kier alpha value is -5.59. The molecule has 3 aromatic carbocycles. The van der Waals surface area contributed by atoms with Crippen LogP contribution in [-0.2, 0) is 48.2 Å². The number of carbonyl (C=O) groups is 5. The van der Waals surface area contributed by atoms with E-state index in [0.29, 0.717) is 37.8 Å². The van der Waals surface area contributed by atoms with Crippen molar-refractivity contribution in [1.29, 1.82) is 0 Å². The van der Waals surface area contributed by atoms with Crippen LogP contribution < -0.4 is 20.7 Å². The van der Waals surface area contributed by atoms with E-state index in [1.807, 2.05) is 94.4 Å². The average molecular weight is 829 g/mol. The number of hydrogen-bond donors (Lipinski definition) is 3. The molecular weight excluding hydrogens is 765 g/mol. The highest BCUT2D eigenvalue weighted by Gasteiger charge is 2.32. The topological polar surface area (TPSA) is 162 Å². The molecule has 4 rings (SSSR count). The summed E-state index contributed by atoms with van der Waals surface area (Å²) in [5.41, 5.74) is 2.11. The number of nitrogens with one attached hydrogen (secondary N) is 3. The number of hydrogen-bond acceptors (Lipinski definition) is 9. The summed E-state index contributed by atoms with van der Waals surface area (Å²) >= 11 is 0. The molecule has 60 heavy (non-hydrogen) atoms. The quantitative estimate of drug-likeness (QED) is 0.0930. The van der Waals surface area contributed by atoms with E-state index in [-0.39, 0.29) is 31.6 Å². The Labute approximate surface area is 355 Å². The van der Waals surface area contributed by atoms with Crippen LogP contribution >= 0.6 is 0 Å². The predicted octanol–water partition coefficient (Wildman–Crippen LogP) is 7.42. The third kappa shape index (κ3) is 16.9. The molecule has 0 spiro atoms. The molecule has 4 amide bonds. The Kier molecular flexibility index (Phi) is 17.4. The van der Waals surface area contributed by atoms with Crippen LogP contribution in [0.2, 0.25) is 0 Å². The summed E-state index contributed by atoms with van der Waals surface area (Å²) in [6.07, 6.45) is 0.800. The van der Waals surface area contributed by atoms with Crippen molar-refractivity contribution >= 4 is 30.0 Å². The maximum absolute atomic E-state index is 13.9. The molecule has 1 aliphatic heterocycles. The Morgan fingerprint density at radius 1 is 0.783 bits per heavy atom. The fourth-order valence-corrected chi connectivity index (χ4v) is 6.91. The molecule has 13 nitrogen and oxygen atoms in total. The number of likely N-dealkylation sites (tertiary alicyclic amines) is 1. The lowest BCUT2D eigenvalue weighted by Gasteiger charge is -2.37. The normalized spacial score (nSPS) is 16.4. The van der Waals surface area contributed by atoms with Gasteiger partial charge in [-0.1, -0.05) is 73.7 Å². The summed E-state index contributed by atoms with van der Waals surface area (Å²) in [6.45, 7) is 16.7. The van der Waals surface area contributed by atoms with Gasteiger partial charge in [-0.05, 0) is 120 Å². The van der Waals surface area contributed by atoms with Gasteiger partial charge in [0.05, 0.1) is 13.0 Å². The zero-order valence-electron chi connectivity index (χ0n) is 36.5. The molecule has 1 heterocycles. The number of piperidine rings is 1. The molecular formula is C47H64N4O9. The first-order valence-electron chi connectivity index (χ1n) is 20.8. The molecule has 3 aromatic rings. The third-order valence-electron chi connectivity index (χ3n) is 9.78. The number of amides is 4. The van der Waals surface area contributed by atoms with Crippen molar-refractivity contribution < 1.29 is 42.9 Å². The first-order valence-corrected chi connectivity index (χ1v) is 20.8. The SMILES string of the molecule is Cc1ccc(OCCC2CC(C)CN(C(=O)OC(C)(C)C)C2)cc1CNC(=O)[C@H](CCc1ccccc1)NC(=O)[C@H](CC(=O)OC(C)(C)C)NC(=O)OCc1ccccc1. The summed E-state index contributed by atoms with van der Waals surface area (Å²) in [7, 11) is 0. The molecule has 1 aliphatic rings. The Morgan fingerprint density at radius 2 is 1.43 bits per heavy atom. The van der Waals surface area contributed by atoms with E-state index in [1.54, 1.807) is 37.8 Å². The maximum Gasteiger partial charge on any atom is 0.410 e.